The lowest BCUT2D eigenvalue weighted by molar-refractivity contribution is 0.624. The van der Waals surface area contributed by atoms with Gasteiger partial charge in [0, 0.05) is 0 Å². The second kappa shape index (κ2) is 6.66. The minimum absolute atomic E-state index is 0.276. The molecule has 0 amide bonds. The van der Waals surface area contributed by atoms with E-state index in [1.807, 2.05) is 6.92 Å². The molecule has 9 heteroatoms. The molecule has 0 aliphatic carbocycles. The van der Waals surface area contributed by atoms with Crippen molar-refractivity contribution in [1.29, 1.82) is 0 Å². The monoisotopic (exact) mass is 364 g/mol. The summed E-state index contributed by atoms with van der Waals surface area (Å²) in [6.45, 7) is 4.07. The van der Waals surface area contributed by atoms with Crippen molar-refractivity contribution < 1.29 is 4.39 Å². The van der Waals surface area contributed by atoms with Crippen LogP contribution in [0.3, 0.4) is 0 Å². The molecule has 0 bridgehead atoms. The van der Waals surface area contributed by atoms with Crippen LogP contribution in [-0.4, -0.2) is 30.9 Å². The van der Waals surface area contributed by atoms with Gasteiger partial charge in [0.05, 0.1) is 24.0 Å². The lowest BCUT2D eigenvalue weighted by Gasteiger charge is -2.03. The van der Waals surface area contributed by atoms with Gasteiger partial charge in [0.25, 0.3) is 0 Å². The van der Waals surface area contributed by atoms with Gasteiger partial charge in [-0.2, -0.15) is 20.0 Å². The fourth-order valence-corrected chi connectivity index (χ4v) is 2.71. The first kappa shape index (κ1) is 16.5. The predicted octanol–water partition coefficient (Wildman–Crippen LogP) is 3.48. The number of nitrogens with zero attached hydrogens (tertiary/aromatic N) is 5. The number of hydrogen-bond donors (Lipinski definition) is 1. The van der Waals surface area contributed by atoms with Gasteiger partial charge in [-0.3, -0.25) is 5.10 Å². The number of H-pyrrole nitrogens is 1. The third-order valence-corrected chi connectivity index (χ3v) is 4.13. The summed E-state index contributed by atoms with van der Waals surface area (Å²) in [6.07, 6.45) is 1.60. The standard InChI is InChI=1S/C15H14ClFN6S/c1-9-13(7-18-23-10(2)19-20-15(23)24)14(16)22(21-9)8-11-3-5-12(17)6-4-11/h3-7H,8H2,1-2H3,(H,20,24)/b18-7-. The molecule has 0 radical (unpaired) electrons. The first-order chi connectivity index (χ1) is 11.5. The van der Waals surface area contributed by atoms with E-state index in [-0.39, 0.29) is 5.82 Å². The molecule has 2 heterocycles. The second-order valence-electron chi connectivity index (χ2n) is 5.21. The van der Waals surface area contributed by atoms with Crippen LogP contribution in [0.15, 0.2) is 29.4 Å². The summed E-state index contributed by atoms with van der Waals surface area (Å²) in [5, 5.41) is 15.8. The summed E-state index contributed by atoms with van der Waals surface area (Å²) in [4.78, 5) is 0. The zero-order valence-electron chi connectivity index (χ0n) is 13.0. The normalized spacial score (nSPS) is 11.5. The van der Waals surface area contributed by atoms with Crippen LogP contribution in [0.1, 0.15) is 22.6 Å². The van der Waals surface area contributed by atoms with Crippen molar-refractivity contribution in [1.82, 2.24) is 24.7 Å². The summed E-state index contributed by atoms with van der Waals surface area (Å²) in [6, 6.07) is 6.21. The molecule has 24 heavy (non-hydrogen) atoms. The van der Waals surface area contributed by atoms with Gasteiger partial charge in [-0.15, -0.1) is 0 Å². The highest BCUT2D eigenvalue weighted by atomic mass is 35.5. The predicted molar refractivity (Wildman–Crippen MR) is 92.6 cm³/mol. The Morgan fingerprint density at radius 3 is 2.67 bits per heavy atom. The SMILES string of the molecule is Cc1nn(Cc2ccc(F)cc2)c(Cl)c1/C=N\n1c(C)n[nH]c1=S. The average Bonchev–Trinajstić information content (AvgIpc) is 3.00. The van der Waals surface area contributed by atoms with E-state index < -0.39 is 0 Å². The summed E-state index contributed by atoms with van der Waals surface area (Å²) in [7, 11) is 0. The van der Waals surface area contributed by atoms with E-state index in [2.05, 4.69) is 20.4 Å². The van der Waals surface area contributed by atoms with Crippen molar-refractivity contribution in [3.05, 3.63) is 62.7 Å². The van der Waals surface area contributed by atoms with Gasteiger partial charge in [-0.25, -0.2) is 9.07 Å². The lowest BCUT2D eigenvalue weighted by Crippen LogP contribution is -2.02. The van der Waals surface area contributed by atoms with Gasteiger partial charge in [-0.1, -0.05) is 23.7 Å². The minimum Gasteiger partial charge on any atom is -0.250 e. The van der Waals surface area contributed by atoms with Crippen LogP contribution in [0.2, 0.25) is 5.15 Å². The third-order valence-electron chi connectivity index (χ3n) is 3.47. The van der Waals surface area contributed by atoms with Crippen molar-refractivity contribution in [3.8, 4) is 0 Å². The summed E-state index contributed by atoms with van der Waals surface area (Å²) >= 11 is 11.5. The molecule has 1 aromatic carbocycles. The molecule has 0 aliphatic heterocycles. The highest BCUT2D eigenvalue weighted by Crippen LogP contribution is 2.19. The van der Waals surface area contributed by atoms with E-state index in [9.17, 15) is 4.39 Å². The molecule has 6 nitrogen and oxygen atoms in total. The number of nitrogens with one attached hydrogen (secondary N) is 1. The van der Waals surface area contributed by atoms with Crippen molar-refractivity contribution >= 4 is 30.0 Å². The van der Waals surface area contributed by atoms with Crippen LogP contribution < -0.4 is 0 Å². The largest absolute Gasteiger partial charge is 0.250 e. The average molecular weight is 365 g/mol. The van der Waals surface area contributed by atoms with Gasteiger partial charge in [-0.05, 0) is 43.8 Å². The topological polar surface area (TPSA) is 63.8 Å². The Labute approximate surface area is 147 Å². The number of hydrogen-bond acceptors (Lipinski definition) is 4. The van der Waals surface area contributed by atoms with Crippen molar-refractivity contribution in [2.24, 2.45) is 5.10 Å². The first-order valence-electron chi connectivity index (χ1n) is 7.11. The number of rotatable bonds is 4. The van der Waals surface area contributed by atoms with Crippen molar-refractivity contribution in [2.45, 2.75) is 20.4 Å². The summed E-state index contributed by atoms with van der Waals surface area (Å²) < 4.78 is 16.5. The maximum Gasteiger partial charge on any atom is 0.216 e. The minimum atomic E-state index is -0.276. The zero-order chi connectivity index (χ0) is 17.3. The first-order valence-corrected chi connectivity index (χ1v) is 7.90. The number of benzene rings is 1. The van der Waals surface area contributed by atoms with Crippen LogP contribution in [-0.2, 0) is 6.54 Å². The molecule has 0 unspecified atom stereocenters. The lowest BCUT2D eigenvalue weighted by atomic mass is 10.2. The van der Waals surface area contributed by atoms with E-state index >= 15 is 0 Å². The van der Waals surface area contributed by atoms with Gasteiger partial charge in [0.1, 0.15) is 16.8 Å². The fourth-order valence-electron chi connectivity index (χ4n) is 2.20. The van der Waals surface area contributed by atoms with E-state index in [0.717, 1.165) is 11.3 Å². The van der Waals surface area contributed by atoms with Crippen LogP contribution in [0.4, 0.5) is 4.39 Å². The van der Waals surface area contributed by atoms with Gasteiger partial charge in [0.15, 0.2) is 0 Å². The van der Waals surface area contributed by atoms with Gasteiger partial charge < -0.3 is 0 Å². The molecule has 0 fully saturated rings. The quantitative estimate of drug-likeness (QED) is 0.569. The molecule has 0 atom stereocenters. The zero-order valence-corrected chi connectivity index (χ0v) is 14.6. The Bertz CT molecular complexity index is 953. The third kappa shape index (κ3) is 3.29. The fraction of sp³-hybridized carbons (Fsp3) is 0.200. The summed E-state index contributed by atoms with van der Waals surface area (Å²) in [5.74, 6) is 0.366. The molecule has 1 N–H and O–H groups in total. The van der Waals surface area contributed by atoms with Crippen LogP contribution in [0.25, 0.3) is 0 Å². The Kier molecular flexibility index (Phi) is 4.59. The number of aromatic nitrogens is 5. The number of halogens is 2. The Balaban J connectivity index is 1.89. The van der Waals surface area contributed by atoms with E-state index in [1.54, 1.807) is 30.0 Å². The molecule has 124 valence electrons. The van der Waals surface area contributed by atoms with E-state index in [4.69, 9.17) is 23.8 Å². The Morgan fingerprint density at radius 2 is 2.04 bits per heavy atom. The van der Waals surface area contributed by atoms with Gasteiger partial charge >= 0.3 is 0 Å². The smallest absolute Gasteiger partial charge is 0.216 e. The van der Waals surface area contributed by atoms with Crippen LogP contribution in [0.5, 0.6) is 0 Å². The molecule has 0 spiro atoms. The molecule has 0 saturated heterocycles. The molecule has 3 rings (SSSR count). The van der Waals surface area contributed by atoms with E-state index in [1.165, 1.54) is 16.8 Å². The van der Waals surface area contributed by atoms with Gasteiger partial charge in [0.2, 0.25) is 4.77 Å². The van der Waals surface area contributed by atoms with Crippen LogP contribution in [0, 0.1) is 24.4 Å². The molecular weight excluding hydrogens is 351 g/mol. The highest BCUT2D eigenvalue weighted by Gasteiger charge is 2.12. The molecule has 0 aliphatic rings. The van der Waals surface area contributed by atoms with Crippen LogP contribution >= 0.6 is 23.8 Å². The Hall–Kier alpha value is -2.32. The summed E-state index contributed by atoms with van der Waals surface area (Å²) in [5.41, 5.74) is 2.33. The second-order valence-corrected chi connectivity index (χ2v) is 5.95. The Morgan fingerprint density at radius 1 is 1.33 bits per heavy atom. The molecular formula is C15H14ClFN6S. The van der Waals surface area contributed by atoms with Crippen molar-refractivity contribution in [3.63, 3.8) is 0 Å². The van der Waals surface area contributed by atoms with E-state index in [0.29, 0.717) is 27.9 Å². The number of aromatic amines is 1. The van der Waals surface area contributed by atoms with Crippen molar-refractivity contribution in [2.75, 3.05) is 0 Å². The number of aryl methyl sites for hydroxylation is 2. The maximum absolute atomic E-state index is 13.0. The molecule has 3 aromatic rings. The maximum atomic E-state index is 13.0. The molecule has 2 aromatic heterocycles. The molecule has 0 saturated carbocycles. The highest BCUT2D eigenvalue weighted by molar-refractivity contribution is 7.71.